The van der Waals surface area contributed by atoms with Crippen molar-refractivity contribution in [1.82, 2.24) is 4.90 Å². The van der Waals surface area contributed by atoms with Crippen LogP contribution < -0.4 is 5.32 Å². The van der Waals surface area contributed by atoms with Crippen LogP contribution >= 0.6 is 0 Å². The average molecular weight is 336 g/mol. The van der Waals surface area contributed by atoms with Gasteiger partial charge < -0.3 is 10.2 Å². The van der Waals surface area contributed by atoms with E-state index in [1.165, 1.54) is 23.1 Å². The summed E-state index contributed by atoms with van der Waals surface area (Å²) in [4.78, 5) is 12.3. The van der Waals surface area contributed by atoms with E-state index in [1.54, 1.807) is 7.05 Å². The van der Waals surface area contributed by atoms with E-state index in [-0.39, 0.29) is 18.0 Å². The van der Waals surface area contributed by atoms with Crippen LogP contribution in [-0.2, 0) is 14.6 Å². The summed E-state index contributed by atoms with van der Waals surface area (Å²) in [6.07, 6.45) is 0.638. The molecule has 0 bridgehead atoms. The second-order valence-corrected chi connectivity index (χ2v) is 7.00. The number of carbonyl (C=O) groups is 1. The molecule has 0 unspecified atom stereocenters. The lowest BCUT2D eigenvalue weighted by Gasteiger charge is -2.30. The standard InChI is InChI=1S/C13H15F3N2O3S/c1-18-7-6-9(8-12(18)19)17-10-4-2-3-5-11(10)22(20,21)13(14,15)16/h2-5,9,17H,6-8H2,1H3/t9-/m0/s1. The highest BCUT2D eigenvalue weighted by Gasteiger charge is 2.48. The molecule has 1 amide bonds. The molecule has 122 valence electrons. The lowest BCUT2D eigenvalue weighted by atomic mass is 10.0. The molecule has 0 saturated carbocycles. The van der Waals surface area contributed by atoms with Gasteiger partial charge in [-0.15, -0.1) is 0 Å². The van der Waals surface area contributed by atoms with E-state index in [2.05, 4.69) is 5.32 Å². The van der Waals surface area contributed by atoms with Gasteiger partial charge in [0.1, 0.15) is 0 Å². The van der Waals surface area contributed by atoms with Crippen molar-refractivity contribution in [3.63, 3.8) is 0 Å². The van der Waals surface area contributed by atoms with Gasteiger partial charge in [0.15, 0.2) is 0 Å². The van der Waals surface area contributed by atoms with Crippen LogP contribution in [0.5, 0.6) is 0 Å². The van der Waals surface area contributed by atoms with Crippen LogP contribution in [-0.4, -0.2) is 44.4 Å². The first-order chi connectivity index (χ1) is 10.1. The highest BCUT2D eigenvalue weighted by atomic mass is 32.2. The van der Waals surface area contributed by atoms with Crippen molar-refractivity contribution >= 4 is 21.4 Å². The van der Waals surface area contributed by atoms with Crippen molar-refractivity contribution < 1.29 is 26.4 Å². The largest absolute Gasteiger partial charge is 0.501 e. The molecule has 0 spiro atoms. The maximum absolute atomic E-state index is 12.7. The van der Waals surface area contributed by atoms with Crippen LogP contribution in [0, 0.1) is 0 Å². The van der Waals surface area contributed by atoms with Crippen molar-refractivity contribution in [2.24, 2.45) is 0 Å². The molecule has 0 radical (unpaired) electrons. The number of nitrogens with one attached hydrogen (secondary N) is 1. The number of halogens is 3. The minimum Gasteiger partial charge on any atom is -0.381 e. The molecule has 0 aliphatic carbocycles. The predicted octanol–water partition coefficient (Wildman–Crippen LogP) is 2.01. The number of hydrogen-bond donors (Lipinski definition) is 1. The molecular weight excluding hydrogens is 321 g/mol. The maximum atomic E-state index is 12.7. The lowest BCUT2D eigenvalue weighted by molar-refractivity contribution is -0.132. The summed E-state index contributed by atoms with van der Waals surface area (Å²) in [5, 5.41) is 2.75. The van der Waals surface area contributed by atoms with Gasteiger partial charge in [-0.25, -0.2) is 8.42 Å². The molecule has 1 aromatic rings. The predicted molar refractivity (Wildman–Crippen MR) is 74.0 cm³/mol. The summed E-state index contributed by atoms with van der Waals surface area (Å²) < 4.78 is 61.3. The minimum atomic E-state index is -5.44. The highest BCUT2D eigenvalue weighted by molar-refractivity contribution is 7.92. The fourth-order valence-electron chi connectivity index (χ4n) is 2.23. The van der Waals surface area contributed by atoms with Gasteiger partial charge in [0, 0.05) is 26.1 Å². The number of amides is 1. The molecule has 1 atom stereocenters. The van der Waals surface area contributed by atoms with Crippen LogP contribution in [0.15, 0.2) is 29.2 Å². The molecule has 1 aromatic carbocycles. The average Bonchev–Trinajstić information content (AvgIpc) is 2.42. The fourth-order valence-corrected chi connectivity index (χ4v) is 3.15. The Labute approximate surface area is 126 Å². The van der Waals surface area contributed by atoms with Gasteiger partial charge in [-0.1, -0.05) is 12.1 Å². The molecule has 1 saturated heterocycles. The number of benzene rings is 1. The van der Waals surface area contributed by atoms with Crippen LogP contribution in [0.25, 0.3) is 0 Å². The number of likely N-dealkylation sites (tertiary alicyclic amines) is 1. The van der Waals surface area contributed by atoms with Gasteiger partial charge in [0.2, 0.25) is 5.91 Å². The van der Waals surface area contributed by atoms with Crippen LogP contribution in [0.1, 0.15) is 12.8 Å². The second kappa shape index (κ2) is 5.79. The first-order valence-corrected chi connectivity index (χ1v) is 8.02. The normalized spacial score (nSPS) is 20.1. The highest BCUT2D eigenvalue weighted by Crippen LogP contribution is 2.34. The number of para-hydroxylation sites is 1. The van der Waals surface area contributed by atoms with Crippen molar-refractivity contribution in [2.75, 3.05) is 18.9 Å². The summed E-state index contributed by atoms with van der Waals surface area (Å²) in [7, 11) is -3.80. The smallest absolute Gasteiger partial charge is 0.381 e. The van der Waals surface area contributed by atoms with E-state index in [0.717, 1.165) is 6.07 Å². The molecule has 1 aliphatic rings. The Kier molecular flexibility index (Phi) is 4.37. The number of anilines is 1. The number of hydrogen-bond acceptors (Lipinski definition) is 4. The van der Waals surface area contributed by atoms with Gasteiger partial charge in [-0.3, -0.25) is 4.79 Å². The third kappa shape index (κ3) is 3.18. The molecule has 0 aromatic heterocycles. The zero-order valence-corrected chi connectivity index (χ0v) is 12.5. The topological polar surface area (TPSA) is 66.5 Å². The quantitative estimate of drug-likeness (QED) is 0.917. The molecule has 22 heavy (non-hydrogen) atoms. The maximum Gasteiger partial charge on any atom is 0.501 e. The Balaban J connectivity index is 2.29. The monoisotopic (exact) mass is 336 g/mol. The minimum absolute atomic E-state index is 0.108. The Hall–Kier alpha value is -1.77. The molecule has 1 aliphatic heterocycles. The van der Waals surface area contributed by atoms with Gasteiger partial charge in [0.25, 0.3) is 9.84 Å². The van der Waals surface area contributed by atoms with E-state index >= 15 is 0 Å². The first kappa shape index (κ1) is 16.6. The third-order valence-corrected chi connectivity index (χ3v) is 5.05. The second-order valence-electron chi connectivity index (χ2n) is 5.09. The Morgan fingerprint density at radius 1 is 1.27 bits per heavy atom. The number of rotatable bonds is 3. The van der Waals surface area contributed by atoms with Gasteiger partial charge >= 0.3 is 5.51 Å². The Morgan fingerprint density at radius 3 is 2.50 bits per heavy atom. The Bertz CT molecular complexity index is 673. The molecule has 9 heteroatoms. The molecule has 2 rings (SSSR count). The summed E-state index contributed by atoms with van der Waals surface area (Å²) in [6.45, 7) is 0.463. The van der Waals surface area contributed by atoms with Gasteiger partial charge in [-0.05, 0) is 18.6 Å². The van der Waals surface area contributed by atoms with E-state index in [1.807, 2.05) is 0 Å². The zero-order chi connectivity index (χ0) is 16.5. The fraction of sp³-hybridized carbons (Fsp3) is 0.462. The van der Waals surface area contributed by atoms with Crippen LogP contribution in [0.4, 0.5) is 18.9 Å². The van der Waals surface area contributed by atoms with Crippen molar-refractivity contribution in [1.29, 1.82) is 0 Å². The molecule has 1 N–H and O–H groups in total. The third-order valence-electron chi connectivity index (χ3n) is 3.50. The zero-order valence-electron chi connectivity index (χ0n) is 11.7. The summed E-state index contributed by atoms with van der Waals surface area (Å²) >= 11 is 0. The number of nitrogens with zero attached hydrogens (tertiary/aromatic N) is 1. The van der Waals surface area contributed by atoms with Gasteiger partial charge in [-0.2, -0.15) is 13.2 Å². The summed E-state index contributed by atoms with van der Waals surface area (Å²) in [5.41, 5.74) is -5.50. The van der Waals surface area contributed by atoms with Crippen LogP contribution in [0.3, 0.4) is 0 Å². The number of sulfone groups is 1. The molecular formula is C13H15F3N2O3S. The summed E-state index contributed by atoms with van der Waals surface area (Å²) in [6, 6.07) is 4.44. The summed E-state index contributed by atoms with van der Waals surface area (Å²) in [5.74, 6) is -0.139. The first-order valence-electron chi connectivity index (χ1n) is 6.54. The lowest BCUT2D eigenvalue weighted by Crippen LogP contribution is -2.41. The Morgan fingerprint density at radius 2 is 1.91 bits per heavy atom. The van der Waals surface area contributed by atoms with Crippen molar-refractivity contribution in [3.8, 4) is 0 Å². The van der Waals surface area contributed by atoms with E-state index in [9.17, 15) is 26.4 Å². The number of carbonyl (C=O) groups excluding carboxylic acids is 1. The molecule has 1 heterocycles. The van der Waals surface area contributed by atoms with Crippen LogP contribution in [0.2, 0.25) is 0 Å². The number of piperidine rings is 1. The molecule has 1 fully saturated rings. The van der Waals surface area contributed by atoms with Gasteiger partial charge in [0.05, 0.1) is 10.6 Å². The van der Waals surface area contributed by atoms with E-state index in [4.69, 9.17) is 0 Å². The number of alkyl halides is 3. The van der Waals surface area contributed by atoms with Crippen molar-refractivity contribution in [3.05, 3.63) is 24.3 Å². The van der Waals surface area contributed by atoms with E-state index in [0.29, 0.717) is 13.0 Å². The van der Waals surface area contributed by atoms with Crippen molar-refractivity contribution in [2.45, 2.75) is 29.3 Å². The molecule has 5 nitrogen and oxygen atoms in total. The SMILES string of the molecule is CN1CC[C@H](Nc2ccccc2S(=O)(=O)C(F)(F)F)CC1=O. The van der Waals surface area contributed by atoms with E-state index < -0.39 is 26.3 Å².